The molecule has 0 atom stereocenters. The molecule has 1 amide bonds. The summed E-state index contributed by atoms with van der Waals surface area (Å²) in [5.41, 5.74) is 0.982. The van der Waals surface area contributed by atoms with Gasteiger partial charge in [0.15, 0.2) is 6.61 Å². The third-order valence-electron chi connectivity index (χ3n) is 4.02. The first-order valence-electron chi connectivity index (χ1n) is 8.28. The van der Waals surface area contributed by atoms with Crippen molar-refractivity contribution in [3.63, 3.8) is 0 Å². The summed E-state index contributed by atoms with van der Waals surface area (Å²) in [6.45, 7) is 1.20. The van der Waals surface area contributed by atoms with Gasteiger partial charge in [0.2, 0.25) is 0 Å². The third-order valence-corrected chi connectivity index (χ3v) is 4.02. The highest BCUT2D eigenvalue weighted by Gasteiger charge is 2.17. The Bertz CT molecular complexity index is 1020. The van der Waals surface area contributed by atoms with Crippen molar-refractivity contribution in [2.75, 3.05) is 19.0 Å². The molecule has 0 unspecified atom stereocenters. The van der Waals surface area contributed by atoms with Gasteiger partial charge in [-0.15, -0.1) is 0 Å². The molecule has 0 saturated carbocycles. The maximum atomic E-state index is 13.8. The predicted octanol–water partition coefficient (Wildman–Crippen LogP) is 4.09. The van der Waals surface area contributed by atoms with Crippen molar-refractivity contribution in [2.45, 2.75) is 6.92 Å². The molecule has 138 valence electrons. The molecule has 0 fully saturated rings. The van der Waals surface area contributed by atoms with Gasteiger partial charge in [0.05, 0.1) is 12.8 Å². The Hall–Kier alpha value is -3.41. The number of aryl methyl sites for hydroxylation is 1. The van der Waals surface area contributed by atoms with Crippen molar-refractivity contribution in [1.82, 2.24) is 0 Å². The van der Waals surface area contributed by atoms with E-state index in [2.05, 4.69) is 5.32 Å². The van der Waals surface area contributed by atoms with Crippen LogP contribution in [0.1, 0.15) is 15.9 Å². The summed E-state index contributed by atoms with van der Waals surface area (Å²) in [4.78, 5) is 24.3. The van der Waals surface area contributed by atoms with Crippen LogP contribution in [0.3, 0.4) is 0 Å². The van der Waals surface area contributed by atoms with Crippen LogP contribution in [0.15, 0.2) is 54.6 Å². The Balaban J connectivity index is 1.70. The number of hydrogen-bond acceptors (Lipinski definition) is 4. The van der Waals surface area contributed by atoms with Crippen molar-refractivity contribution in [3.05, 3.63) is 71.5 Å². The van der Waals surface area contributed by atoms with Crippen molar-refractivity contribution in [3.8, 4) is 5.75 Å². The summed E-state index contributed by atoms with van der Waals surface area (Å²) >= 11 is 0. The van der Waals surface area contributed by atoms with Crippen molar-refractivity contribution >= 4 is 28.3 Å². The second-order valence-corrected chi connectivity index (χ2v) is 6.01. The van der Waals surface area contributed by atoms with Crippen LogP contribution in [0.2, 0.25) is 0 Å². The van der Waals surface area contributed by atoms with Crippen LogP contribution in [0.4, 0.5) is 10.1 Å². The minimum absolute atomic E-state index is 0.0323. The molecule has 0 aromatic heterocycles. The molecule has 5 nitrogen and oxygen atoms in total. The van der Waals surface area contributed by atoms with Gasteiger partial charge in [-0.25, -0.2) is 9.18 Å². The lowest BCUT2D eigenvalue weighted by atomic mass is 10.1. The molecule has 3 aromatic rings. The number of carbonyl (C=O) groups is 2. The largest absolute Gasteiger partial charge is 0.496 e. The molecule has 0 spiro atoms. The number of nitrogens with one attached hydrogen (secondary N) is 1. The van der Waals surface area contributed by atoms with E-state index in [9.17, 15) is 14.0 Å². The Labute approximate surface area is 155 Å². The molecule has 0 saturated heterocycles. The van der Waals surface area contributed by atoms with E-state index in [1.807, 2.05) is 24.3 Å². The highest BCUT2D eigenvalue weighted by atomic mass is 19.1. The molecule has 0 aliphatic carbocycles. The minimum atomic E-state index is -0.697. The summed E-state index contributed by atoms with van der Waals surface area (Å²) in [6.07, 6.45) is 0. The molecule has 1 N–H and O–H groups in total. The topological polar surface area (TPSA) is 64.6 Å². The molecule has 0 aliphatic heterocycles. The molecule has 27 heavy (non-hydrogen) atoms. The van der Waals surface area contributed by atoms with Crippen LogP contribution in [-0.2, 0) is 9.53 Å². The summed E-state index contributed by atoms with van der Waals surface area (Å²) in [7, 11) is 1.45. The molecular weight excluding hydrogens is 349 g/mol. The molecule has 0 radical (unpaired) electrons. The van der Waals surface area contributed by atoms with Crippen molar-refractivity contribution in [1.29, 1.82) is 0 Å². The Morgan fingerprint density at radius 3 is 2.41 bits per heavy atom. The summed E-state index contributed by atoms with van der Waals surface area (Å²) in [6, 6.07) is 15.3. The maximum absolute atomic E-state index is 13.8. The lowest BCUT2D eigenvalue weighted by molar-refractivity contribution is -0.119. The molecule has 0 aliphatic rings. The highest BCUT2D eigenvalue weighted by Crippen LogP contribution is 2.26. The summed E-state index contributed by atoms with van der Waals surface area (Å²) < 4.78 is 24.1. The van der Waals surface area contributed by atoms with Crippen LogP contribution in [0, 0.1) is 12.7 Å². The van der Waals surface area contributed by atoms with E-state index >= 15 is 0 Å². The van der Waals surface area contributed by atoms with E-state index in [4.69, 9.17) is 9.47 Å². The fourth-order valence-corrected chi connectivity index (χ4v) is 2.66. The van der Waals surface area contributed by atoms with Crippen LogP contribution in [0.25, 0.3) is 10.8 Å². The fraction of sp³-hybridized carbons (Fsp3) is 0.143. The number of halogens is 1. The zero-order valence-electron chi connectivity index (χ0n) is 14.9. The Kier molecular flexibility index (Phi) is 5.35. The molecule has 0 heterocycles. The first-order chi connectivity index (χ1) is 13.0. The van der Waals surface area contributed by atoms with Crippen LogP contribution in [0.5, 0.6) is 5.75 Å². The van der Waals surface area contributed by atoms with Gasteiger partial charge in [0.25, 0.3) is 5.91 Å². The molecular formula is C21H18FNO4. The van der Waals surface area contributed by atoms with Crippen LogP contribution < -0.4 is 10.1 Å². The minimum Gasteiger partial charge on any atom is -0.496 e. The molecule has 3 rings (SSSR count). The van der Waals surface area contributed by atoms with E-state index in [0.29, 0.717) is 5.75 Å². The van der Waals surface area contributed by atoms with E-state index in [0.717, 1.165) is 16.3 Å². The van der Waals surface area contributed by atoms with Crippen molar-refractivity contribution < 1.29 is 23.5 Å². The number of benzene rings is 3. The molecule has 6 heteroatoms. The SMILES string of the molecule is COc1cc2ccccc2cc1C(=O)OCC(=O)Nc1ccc(C)cc1F. The third kappa shape index (κ3) is 4.23. The number of anilines is 1. The predicted molar refractivity (Wildman–Crippen MR) is 101 cm³/mol. The number of rotatable bonds is 5. The van der Waals surface area contributed by atoms with E-state index < -0.39 is 24.3 Å². The van der Waals surface area contributed by atoms with E-state index in [-0.39, 0.29) is 11.3 Å². The van der Waals surface area contributed by atoms with Gasteiger partial charge in [-0.2, -0.15) is 0 Å². The number of hydrogen-bond donors (Lipinski definition) is 1. The fourth-order valence-electron chi connectivity index (χ4n) is 2.66. The Morgan fingerprint density at radius 2 is 1.74 bits per heavy atom. The number of carbonyl (C=O) groups excluding carboxylic acids is 2. The second kappa shape index (κ2) is 7.86. The van der Waals surface area contributed by atoms with Gasteiger partial charge in [0.1, 0.15) is 17.1 Å². The normalized spacial score (nSPS) is 10.5. The zero-order chi connectivity index (χ0) is 19.4. The zero-order valence-corrected chi connectivity index (χ0v) is 14.9. The van der Waals surface area contributed by atoms with Gasteiger partial charge in [-0.05, 0) is 47.5 Å². The first-order valence-corrected chi connectivity index (χ1v) is 8.28. The number of ether oxygens (including phenoxy) is 2. The number of methoxy groups -OCH3 is 1. The standard InChI is InChI=1S/C21H18FNO4/c1-13-7-8-18(17(22)9-13)23-20(24)12-27-21(25)16-10-14-5-3-4-6-15(14)11-19(16)26-2/h3-11H,12H2,1-2H3,(H,23,24). The average molecular weight is 367 g/mol. The number of esters is 1. The van der Waals surface area contributed by atoms with Gasteiger partial charge in [0, 0.05) is 0 Å². The van der Waals surface area contributed by atoms with Gasteiger partial charge < -0.3 is 14.8 Å². The van der Waals surface area contributed by atoms with Gasteiger partial charge >= 0.3 is 5.97 Å². The first kappa shape index (κ1) is 18.4. The van der Waals surface area contributed by atoms with Gasteiger partial charge in [-0.3, -0.25) is 4.79 Å². The quantitative estimate of drug-likeness (QED) is 0.690. The van der Waals surface area contributed by atoms with Crippen LogP contribution >= 0.6 is 0 Å². The summed E-state index contributed by atoms with van der Waals surface area (Å²) in [5, 5.41) is 4.14. The Morgan fingerprint density at radius 1 is 1.04 bits per heavy atom. The smallest absolute Gasteiger partial charge is 0.342 e. The van der Waals surface area contributed by atoms with E-state index in [1.54, 1.807) is 25.1 Å². The average Bonchev–Trinajstić information content (AvgIpc) is 2.67. The monoisotopic (exact) mass is 367 g/mol. The molecule has 3 aromatic carbocycles. The lowest BCUT2D eigenvalue weighted by Gasteiger charge is -2.11. The second-order valence-electron chi connectivity index (χ2n) is 6.01. The summed E-state index contributed by atoms with van der Waals surface area (Å²) in [5.74, 6) is -1.53. The lowest BCUT2D eigenvalue weighted by Crippen LogP contribution is -2.21. The number of amides is 1. The van der Waals surface area contributed by atoms with Gasteiger partial charge in [-0.1, -0.05) is 30.3 Å². The van der Waals surface area contributed by atoms with Crippen molar-refractivity contribution in [2.24, 2.45) is 0 Å². The van der Waals surface area contributed by atoms with E-state index in [1.165, 1.54) is 19.2 Å². The molecule has 0 bridgehead atoms. The number of fused-ring (bicyclic) bond motifs is 1. The van der Waals surface area contributed by atoms with Crippen LogP contribution in [-0.4, -0.2) is 25.6 Å². The highest BCUT2D eigenvalue weighted by molar-refractivity contribution is 6.00. The maximum Gasteiger partial charge on any atom is 0.342 e.